The molecule has 4 atom stereocenters. The Bertz CT molecular complexity index is 298. The van der Waals surface area contributed by atoms with E-state index in [9.17, 15) is 4.79 Å². The number of hydrogen-bond acceptors (Lipinski definition) is 3. The summed E-state index contributed by atoms with van der Waals surface area (Å²) in [6.07, 6.45) is 3.05. The summed E-state index contributed by atoms with van der Waals surface area (Å²) in [6.45, 7) is 1.37. The van der Waals surface area contributed by atoms with E-state index in [0.29, 0.717) is 5.25 Å². The van der Waals surface area contributed by atoms with Crippen LogP contribution in [0.15, 0.2) is 0 Å². The van der Waals surface area contributed by atoms with Crippen molar-refractivity contribution in [3.05, 3.63) is 0 Å². The van der Waals surface area contributed by atoms with Crippen LogP contribution >= 0.6 is 46.6 Å². The van der Waals surface area contributed by atoms with E-state index >= 15 is 0 Å². The van der Waals surface area contributed by atoms with Crippen LogP contribution in [0, 0.1) is 5.92 Å². The van der Waals surface area contributed by atoms with Gasteiger partial charge in [0.05, 0.1) is 0 Å². The number of thioether (sulfide) groups is 1. The highest BCUT2D eigenvalue weighted by molar-refractivity contribution is 8.01. The van der Waals surface area contributed by atoms with E-state index < -0.39 is 9.77 Å². The van der Waals surface area contributed by atoms with Crippen molar-refractivity contribution in [1.82, 2.24) is 0 Å². The molecular weight excluding hydrogens is 291 g/mol. The van der Waals surface area contributed by atoms with Gasteiger partial charge in [0.1, 0.15) is 0 Å². The Morgan fingerprint density at radius 2 is 2.12 bits per heavy atom. The van der Waals surface area contributed by atoms with Gasteiger partial charge in [-0.3, -0.25) is 4.79 Å². The fourth-order valence-corrected chi connectivity index (χ4v) is 6.03. The molecule has 2 aliphatic rings. The van der Waals surface area contributed by atoms with Crippen LogP contribution in [-0.2, 0) is 9.53 Å². The van der Waals surface area contributed by atoms with Crippen molar-refractivity contribution in [3.8, 4) is 0 Å². The predicted molar refractivity (Wildman–Crippen MR) is 68.4 cm³/mol. The highest BCUT2D eigenvalue weighted by Gasteiger charge is 2.59. The van der Waals surface area contributed by atoms with Crippen LogP contribution in [0.2, 0.25) is 0 Å². The Morgan fingerprint density at radius 1 is 1.44 bits per heavy atom. The van der Waals surface area contributed by atoms with Gasteiger partial charge in [0.15, 0.2) is 9.77 Å². The van der Waals surface area contributed by atoms with Gasteiger partial charge in [0.2, 0.25) is 0 Å². The fraction of sp³-hybridized carbons (Fsp3) is 0.900. The van der Waals surface area contributed by atoms with E-state index in [-0.39, 0.29) is 17.3 Å². The third kappa shape index (κ3) is 2.29. The molecule has 1 aliphatic heterocycles. The maximum Gasteiger partial charge on any atom is 0.303 e. The second-order valence-corrected chi connectivity index (χ2v) is 7.57. The molecule has 6 heteroatoms. The van der Waals surface area contributed by atoms with E-state index in [1.807, 2.05) is 0 Å². The summed E-state index contributed by atoms with van der Waals surface area (Å²) in [5.41, 5.74) is -0.498. The van der Waals surface area contributed by atoms with E-state index in [0.717, 1.165) is 19.3 Å². The smallest absolute Gasteiger partial charge is 0.303 e. The standard InChI is InChI=1S/C10H13Cl3O2S/c1-5(14)15-9-10(12,13)8-6(11)3-2-4-7(8)16-9/h6-9H,2-4H2,1H3/t6-,7-,8+,9+/m0/s1. The van der Waals surface area contributed by atoms with Crippen molar-refractivity contribution in [2.45, 2.75) is 46.6 Å². The first-order chi connectivity index (χ1) is 7.43. The molecule has 0 aromatic rings. The van der Waals surface area contributed by atoms with Gasteiger partial charge in [-0.05, 0) is 12.8 Å². The topological polar surface area (TPSA) is 26.3 Å². The summed E-state index contributed by atoms with van der Waals surface area (Å²) in [7, 11) is 0. The number of carbonyl (C=O) groups is 1. The number of halogens is 3. The molecule has 0 bridgehead atoms. The van der Waals surface area contributed by atoms with Crippen LogP contribution in [0.5, 0.6) is 0 Å². The number of rotatable bonds is 1. The molecular formula is C10H13Cl3O2S. The van der Waals surface area contributed by atoms with Gasteiger partial charge in [-0.15, -0.1) is 23.4 Å². The highest BCUT2D eigenvalue weighted by atomic mass is 35.5. The Balaban J connectivity index is 2.17. The lowest BCUT2D eigenvalue weighted by atomic mass is 9.86. The van der Waals surface area contributed by atoms with E-state index in [2.05, 4.69) is 0 Å². The first kappa shape index (κ1) is 13.1. The molecule has 2 rings (SSSR count). The van der Waals surface area contributed by atoms with Crippen molar-refractivity contribution in [1.29, 1.82) is 0 Å². The maximum atomic E-state index is 11.0. The minimum Gasteiger partial charge on any atom is -0.448 e. The van der Waals surface area contributed by atoms with Crippen molar-refractivity contribution in [3.63, 3.8) is 0 Å². The summed E-state index contributed by atoms with van der Waals surface area (Å²) in [5, 5.41) is 0.275. The third-order valence-electron chi connectivity index (χ3n) is 3.09. The van der Waals surface area contributed by atoms with Gasteiger partial charge in [0.25, 0.3) is 0 Å². The minimum atomic E-state index is -1.06. The van der Waals surface area contributed by atoms with E-state index in [4.69, 9.17) is 39.5 Å². The average Bonchev–Trinajstić information content (AvgIpc) is 2.38. The second-order valence-electron chi connectivity index (χ2n) is 4.26. The molecule has 2 nitrogen and oxygen atoms in total. The minimum absolute atomic E-state index is 0.000556. The first-order valence-electron chi connectivity index (χ1n) is 5.27. The van der Waals surface area contributed by atoms with Crippen LogP contribution < -0.4 is 0 Å². The second kappa shape index (κ2) is 4.75. The Labute approximate surface area is 114 Å². The van der Waals surface area contributed by atoms with Gasteiger partial charge in [-0.1, -0.05) is 29.6 Å². The first-order valence-corrected chi connectivity index (χ1v) is 7.41. The number of alkyl halides is 3. The number of ether oxygens (including phenoxy) is 1. The van der Waals surface area contributed by atoms with Crippen LogP contribution in [0.1, 0.15) is 26.2 Å². The van der Waals surface area contributed by atoms with Crippen LogP contribution in [0.3, 0.4) is 0 Å². The molecule has 0 aromatic carbocycles. The zero-order valence-electron chi connectivity index (χ0n) is 8.79. The van der Waals surface area contributed by atoms with Crippen LogP contribution in [0.4, 0.5) is 0 Å². The predicted octanol–water partition coefficient (Wildman–Crippen LogP) is 3.57. The molecule has 0 radical (unpaired) electrons. The molecule has 16 heavy (non-hydrogen) atoms. The van der Waals surface area contributed by atoms with Gasteiger partial charge in [-0.25, -0.2) is 0 Å². The molecule has 92 valence electrons. The van der Waals surface area contributed by atoms with E-state index in [1.54, 1.807) is 11.8 Å². The Kier molecular flexibility index (Phi) is 3.90. The van der Waals surface area contributed by atoms with Crippen LogP contribution in [0.25, 0.3) is 0 Å². The average molecular weight is 304 g/mol. The van der Waals surface area contributed by atoms with Crippen molar-refractivity contribution in [2.75, 3.05) is 0 Å². The van der Waals surface area contributed by atoms with Gasteiger partial charge >= 0.3 is 5.97 Å². The summed E-state index contributed by atoms with van der Waals surface area (Å²) < 4.78 is 4.11. The lowest BCUT2D eigenvalue weighted by molar-refractivity contribution is -0.142. The monoisotopic (exact) mass is 302 g/mol. The molecule has 0 unspecified atom stereocenters. The Hall–Kier alpha value is 0.690. The summed E-state index contributed by atoms with van der Waals surface area (Å²) in [5.74, 6) is -0.353. The molecule has 1 aliphatic carbocycles. The van der Waals surface area contributed by atoms with Crippen LogP contribution in [-0.4, -0.2) is 26.4 Å². The van der Waals surface area contributed by atoms with Gasteiger partial charge in [0, 0.05) is 23.5 Å². The molecule has 2 fully saturated rings. The lowest BCUT2D eigenvalue weighted by Crippen LogP contribution is -2.41. The van der Waals surface area contributed by atoms with Crippen molar-refractivity contribution >= 4 is 52.5 Å². The number of fused-ring (bicyclic) bond motifs is 1. The van der Waals surface area contributed by atoms with Gasteiger partial charge in [-0.2, -0.15) is 0 Å². The summed E-state index contributed by atoms with van der Waals surface area (Å²) in [4.78, 5) is 11.0. The summed E-state index contributed by atoms with van der Waals surface area (Å²) >= 11 is 20.5. The number of esters is 1. The molecule has 0 N–H and O–H groups in total. The molecule has 1 heterocycles. The fourth-order valence-electron chi connectivity index (χ4n) is 2.41. The molecule has 0 aromatic heterocycles. The molecule has 0 amide bonds. The molecule has 1 saturated heterocycles. The zero-order valence-corrected chi connectivity index (χ0v) is 11.9. The van der Waals surface area contributed by atoms with E-state index in [1.165, 1.54) is 6.92 Å². The normalized spacial score (nSPS) is 41.5. The van der Waals surface area contributed by atoms with Crippen molar-refractivity contribution < 1.29 is 9.53 Å². The quantitative estimate of drug-likeness (QED) is 0.547. The lowest BCUT2D eigenvalue weighted by Gasteiger charge is -2.34. The zero-order chi connectivity index (χ0) is 11.9. The third-order valence-corrected chi connectivity index (χ3v) is 6.33. The largest absolute Gasteiger partial charge is 0.448 e. The summed E-state index contributed by atoms with van der Waals surface area (Å²) in [6, 6.07) is 0. The molecule has 1 saturated carbocycles. The Morgan fingerprint density at radius 3 is 2.69 bits per heavy atom. The maximum absolute atomic E-state index is 11.0. The molecule has 0 spiro atoms. The SMILES string of the molecule is CC(=O)O[C@@H]1S[C@H]2CCC[C@H](Cl)[C@H]2C1(Cl)Cl. The van der Waals surface area contributed by atoms with Crippen molar-refractivity contribution in [2.24, 2.45) is 5.92 Å². The highest BCUT2D eigenvalue weighted by Crippen LogP contribution is 2.58. The number of carbonyl (C=O) groups excluding carboxylic acids is 1. The van der Waals surface area contributed by atoms with Gasteiger partial charge < -0.3 is 4.74 Å². The number of hydrogen-bond donors (Lipinski definition) is 0.